The van der Waals surface area contributed by atoms with Crippen LogP contribution in [0.5, 0.6) is 11.5 Å². The van der Waals surface area contributed by atoms with E-state index in [-0.39, 0.29) is 0 Å². The summed E-state index contributed by atoms with van der Waals surface area (Å²) in [5.74, 6) is 3.31. The summed E-state index contributed by atoms with van der Waals surface area (Å²) in [4.78, 5) is 6.71. The molecule has 2 aliphatic heterocycles. The molecule has 24 heavy (non-hydrogen) atoms. The second kappa shape index (κ2) is 8.24. The van der Waals surface area contributed by atoms with Crippen molar-refractivity contribution in [2.24, 2.45) is 10.9 Å². The van der Waals surface area contributed by atoms with E-state index in [0.717, 1.165) is 42.9 Å². The number of ether oxygens (including phenoxy) is 2. The number of aliphatic imine (C=N–C) groups is 1. The minimum absolute atomic E-state index is 0.324. The Labute approximate surface area is 144 Å². The van der Waals surface area contributed by atoms with E-state index in [1.165, 1.54) is 31.5 Å². The summed E-state index contributed by atoms with van der Waals surface area (Å²) < 4.78 is 10.8. The molecular formula is C18H28N4O2. The Hall–Kier alpha value is -1.95. The lowest BCUT2D eigenvalue weighted by Gasteiger charge is -2.29. The van der Waals surface area contributed by atoms with E-state index >= 15 is 0 Å². The second-order valence-corrected chi connectivity index (χ2v) is 6.56. The molecule has 0 aliphatic carbocycles. The van der Waals surface area contributed by atoms with Crippen molar-refractivity contribution in [2.45, 2.75) is 19.3 Å². The molecule has 2 heterocycles. The van der Waals surface area contributed by atoms with E-state index in [9.17, 15) is 0 Å². The van der Waals surface area contributed by atoms with Gasteiger partial charge in [0.15, 0.2) is 17.5 Å². The molecule has 1 aromatic rings. The quantitative estimate of drug-likeness (QED) is 0.632. The minimum atomic E-state index is 0.324. The molecular weight excluding hydrogens is 304 g/mol. The average Bonchev–Trinajstić information content (AvgIpc) is 3.07. The lowest BCUT2D eigenvalue weighted by atomic mass is 9.97. The molecule has 1 aromatic carbocycles. The molecule has 0 unspecified atom stereocenters. The molecule has 6 nitrogen and oxygen atoms in total. The number of rotatable bonds is 5. The normalized spacial score (nSPS) is 18.7. The molecule has 0 saturated carbocycles. The van der Waals surface area contributed by atoms with Crippen LogP contribution in [-0.4, -0.2) is 57.9 Å². The van der Waals surface area contributed by atoms with Crippen LogP contribution in [-0.2, 0) is 6.42 Å². The summed E-state index contributed by atoms with van der Waals surface area (Å²) in [6, 6.07) is 6.12. The van der Waals surface area contributed by atoms with Crippen LogP contribution in [0.15, 0.2) is 23.2 Å². The van der Waals surface area contributed by atoms with Crippen LogP contribution in [0.2, 0.25) is 0 Å². The zero-order valence-corrected chi connectivity index (χ0v) is 14.7. The topological polar surface area (TPSA) is 58.1 Å². The number of guanidine groups is 1. The predicted octanol–water partition coefficient (Wildman–Crippen LogP) is 1.46. The molecule has 0 aromatic heterocycles. The van der Waals surface area contributed by atoms with Crippen molar-refractivity contribution < 1.29 is 9.47 Å². The fraction of sp³-hybridized carbons (Fsp3) is 0.611. The Morgan fingerprint density at radius 2 is 2.00 bits per heavy atom. The number of hydrogen-bond acceptors (Lipinski definition) is 4. The van der Waals surface area contributed by atoms with Gasteiger partial charge in [-0.25, -0.2) is 0 Å². The van der Waals surface area contributed by atoms with Crippen LogP contribution in [0.25, 0.3) is 0 Å². The molecule has 3 rings (SSSR count). The highest BCUT2D eigenvalue weighted by Gasteiger charge is 2.17. The molecule has 0 bridgehead atoms. The lowest BCUT2D eigenvalue weighted by molar-refractivity contribution is 0.174. The molecule has 0 spiro atoms. The first-order chi connectivity index (χ1) is 11.7. The second-order valence-electron chi connectivity index (χ2n) is 6.56. The van der Waals surface area contributed by atoms with Crippen molar-refractivity contribution in [1.29, 1.82) is 0 Å². The third-order valence-corrected chi connectivity index (χ3v) is 4.76. The van der Waals surface area contributed by atoms with E-state index in [0.29, 0.717) is 6.79 Å². The van der Waals surface area contributed by atoms with E-state index in [1.54, 1.807) is 0 Å². The molecule has 132 valence electrons. The number of benzene rings is 1. The number of fused-ring (bicyclic) bond motifs is 1. The summed E-state index contributed by atoms with van der Waals surface area (Å²) >= 11 is 0. The van der Waals surface area contributed by atoms with Gasteiger partial charge in [0.2, 0.25) is 6.79 Å². The van der Waals surface area contributed by atoms with Crippen LogP contribution < -0.4 is 20.1 Å². The first-order valence-electron chi connectivity index (χ1n) is 8.76. The molecule has 2 aliphatic rings. The van der Waals surface area contributed by atoms with Gasteiger partial charge in [0.25, 0.3) is 0 Å². The first kappa shape index (κ1) is 16.9. The summed E-state index contributed by atoms with van der Waals surface area (Å²) in [7, 11) is 4.02. The van der Waals surface area contributed by atoms with Gasteiger partial charge in [-0.2, -0.15) is 0 Å². The van der Waals surface area contributed by atoms with Gasteiger partial charge in [0.1, 0.15) is 0 Å². The first-order valence-corrected chi connectivity index (χ1v) is 8.76. The van der Waals surface area contributed by atoms with Gasteiger partial charge in [-0.3, -0.25) is 4.99 Å². The lowest BCUT2D eigenvalue weighted by Crippen LogP contribution is -2.42. The fourth-order valence-electron chi connectivity index (χ4n) is 3.15. The Kier molecular flexibility index (Phi) is 5.80. The maximum Gasteiger partial charge on any atom is 0.231 e. The van der Waals surface area contributed by atoms with Crippen LogP contribution in [0.1, 0.15) is 18.4 Å². The van der Waals surface area contributed by atoms with E-state index < -0.39 is 0 Å². The smallest absolute Gasteiger partial charge is 0.231 e. The molecule has 0 amide bonds. The monoisotopic (exact) mass is 332 g/mol. The van der Waals surface area contributed by atoms with Crippen LogP contribution in [0.3, 0.4) is 0 Å². The van der Waals surface area contributed by atoms with Crippen molar-refractivity contribution in [3.63, 3.8) is 0 Å². The van der Waals surface area contributed by atoms with Gasteiger partial charge >= 0.3 is 0 Å². The number of nitrogens with one attached hydrogen (secondary N) is 2. The molecule has 1 saturated heterocycles. The van der Waals surface area contributed by atoms with Gasteiger partial charge in [-0.15, -0.1) is 0 Å². The van der Waals surface area contributed by atoms with Crippen LogP contribution in [0.4, 0.5) is 0 Å². The minimum Gasteiger partial charge on any atom is -0.454 e. The molecule has 0 radical (unpaired) electrons. The highest BCUT2D eigenvalue weighted by atomic mass is 16.7. The van der Waals surface area contributed by atoms with Gasteiger partial charge in [0, 0.05) is 20.1 Å². The predicted molar refractivity (Wildman–Crippen MR) is 95.9 cm³/mol. The Morgan fingerprint density at radius 1 is 1.21 bits per heavy atom. The third-order valence-electron chi connectivity index (χ3n) is 4.76. The molecule has 2 N–H and O–H groups in total. The Bertz CT molecular complexity index is 568. The van der Waals surface area contributed by atoms with Crippen LogP contribution >= 0.6 is 0 Å². The average molecular weight is 332 g/mol. The van der Waals surface area contributed by atoms with Gasteiger partial charge < -0.3 is 25.0 Å². The highest BCUT2D eigenvalue weighted by Crippen LogP contribution is 2.32. The summed E-state index contributed by atoms with van der Waals surface area (Å²) in [5, 5.41) is 6.85. The standard InChI is InChI=1S/C18H28N4O2/c1-19-18(21-12-15-6-9-22(2)10-7-15)20-8-5-14-3-4-16-17(11-14)24-13-23-16/h3-4,11,15H,5-10,12-13H2,1-2H3,(H2,19,20,21). The highest BCUT2D eigenvalue weighted by molar-refractivity contribution is 5.79. The van der Waals surface area contributed by atoms with Gasteiger partial charge in [-0.1, -0.05) is 6.07 Å². The molecule has 0 atom stereocenters. The SMILES string of the molecule is CN=C(NCCc1ccc2c(c1)OCO2)NCC1CCN(C)CC1. The van der Waals surface area contributed by atoms with Crippen molar-refractivity contribution in [1.82, 2.24) is 15.5 Å². The zero-order chi connectivity index (χ0) is 16.8. The van der Waals surface area contributed by atoms with Crippen molar-refractivity contribution in [3.05, 3.63) is 23.8 Å². The molecule has 1 fully saturated rings. The van der Waals surface area contributed by atoms with E-state index in [2.05, 4.69) is 39.7 Å². The van der Waals surface area contributed by atoms with Gasteiger partial charge in [0.05, 0.1) is 0 Å². The zero-order valence-electron chi connectivity index (χ0n) is 14.7. The largest absolute Gasteiger partial charge is 0.454 e. The number of hydrogen-bond donors (Lipinski definition) is 2. The molecule has 6 heteroatoms. The Morgan fingerprint density at radius 3 is 2.79 bits per heavy atom. The fourth-order valence-corrected chi connectivity index (χ4v) is 3.15. The summed E-state index contributed by atoms with van der Waals surface area (Å²) in [6.07, 6.45) is 3.45. The number of likely N-dealkylation sites (tertiary alicyclic amines) is 1. The van der Waals surface area contributed by atoms with E-state index in [1.807, 2.05) is 13.1 Å². The van der Waals surface area contributed by atoms with Gasteiger partial charge in [-0.05, 0) is 63.0 Å². The Balaban J connectivity index is 1.38. The summed E-state index contributed by atoms with van der Waals surface area (Å²) in [6.45, 7) is 4.56. The van der Waals surface area contributed by atoms with Crippen molar-refractivity contribution in [3.8, 4) is 11.5 Å². The third kappa shape index (κ3) is 4.54. The summed E-state index contributed by atoms with van der Waals surface area (Å²) in [5.41, 5.74) is 1.23. The number of piperidine rings is 1. The van der Waals surface area contributed by atoms with Crippen molar-refractivity contribution in [2.75, 3.05) is 47.1 Å². The van der Waals surface area contributed by atoms with Crippen molar-refractivity contribution >= 4 is 5.96 Å². The number of nitrogens with zero attached hydrogens (tertiary/aromatic N) is 2. The maximum absolute atomic E-state index is 5.42. The van der Waals surface area contributed by atoms with Crippen LogP contribution in [0, 0.1) is 5.92 Å². The maximum atomic E-state index is 5.42. The van der Waals surface area contributed by atoms with E-state index in [4.69, 9.17) is 9.47 Å².